The van der Waals surface area contributed by atoms with Crippen LogP contribution in [0.3, 0.4) is 0 Å². The Labute approximate surface area is 218 Å². The van der Waals surface area contributed by atoms with E-state index < -0.39 is 9.84 Å². The predicted molar refractivity (Wildman–Crippen MR) is 144 cm³/mol. The monoisotopic (exact) mass is 518 g/mol. The lowest BCUT2D eigenvalue weighted by atomic mass is 9.68. The minimum absolute atomic E-state index is 0.0891. The topological polar surface area (TPSA) is 85.4 Å². The second kappa shape index (κ2) is 8.91. The third kappa shape index (κ3) is 4.46. The van der Waals surface area contributed by atoms with Crippen molar-refractivity contribution in [3.05, 3.63) is 54.7 Å². The molecule has 2 aliphatic carbocycles. The van der Waals surface area contributed by atoms with Crippen molar-refractivity contribution in [2.45, 2.75) is 67.6 Å². The molecule has 3 aliphatic rings. The smallest absolute Gasteiger partial charge is 0.181 e. The molecule has 0 amide bonds. The average Bonchev–Trinajstić information content (AvgIpc) is 3.68. The lowest BCUT2D eigenvalue weighted by Gasteiger charge is -2.47. The first-order valence-electron chi connectivity index (χ1n) is 13.3. The summed E-state index contributed by atoms with van der Waals surface area (Å²) in [4.78, 5) is 17.4. The highest BCUT2D eigenvalue weighted by atomic mass is 32.2. The fourth-order valence-corrected chi connectivity index (χ4v) is 8.17. The number of piperidine rings is 1. The Morgan fingerprint density at radius 3 is 2.35 bits per heavy atom. The molecule has 2 aromatic carbocycles. The number of carbonyl (C=O) groups excluding carboxylic acids is 1. The summed E-state index contributed by atoms with van der Waals surface area (Å²) in [6.45, 7) is 2.66. The number of Topliss-reactive ketones (excluding diaryl/α,β-unsaturated/α-hetero) is 1. The van der Waals surface area contributed by atoms with Gasteiger partial charge in [-0.05, 0) is 85.8 Å². The van der Waals surface area contributed by atoms with Crippen molar-refractivity contribution in [3.63, 3.8) is 0 Å². The molecule has 0 bridgehead atoms. The number of hydrogen-bond donors (Lipinski definition) is 1. The zero-order chi connectivity index (χ0) is 25.8. The van der Waals surface area contributed by atoms with Gasteiger partial charge in [-0.25, -0.2) is 8.42 Å². The van der Waals surface area contributed by atoms with Crippen molar-refractivity contribution in [2.75, 3.05) is 13.7 Å². The van der Waals surface area contributed by atoms with Gasteiger partial charge in [-0.15, -0.1) is 0 Å². The number of aromatic nitrogens is 1. The van der Waals surface area contributed by atoms with E-state index in [-0.39, 0.29) is 22.1 Å². The lowest BCUT2D eigenvalue weighted by Crippen LogP contribution is -2.58. The van der Waals surface area contributed by atoms with E-state index in [2.05, 4.69) is 17.2 Å². The van der Waals surface area contributed by atoms with Gasteiger partial charge in [0.25, 0.3) is 0 Å². The highest BCUT2D eigenvalue weighted by molar-refractivity contribution is 7.92. The summed E-state index contributed by atoms with van der Waals surface area (Å²) < 4.78 is 32.3. The Kier molecular flexibility index (Phi) is 5.92. The molecule has 0 radical (unpaired) electrons. The molecule has 7 heteroatoms. The van der Waals surface area contributed by atoms with Crippen LogP contribution >= 0.6 is 0 Å². The second-order valence-corrected chi connectivity index (χ2v) is 13.8. The van der Waals surface area contributed by atoms with Gasteiger partial charge in [-0.1, -0.05) is 31.2 Å². The van der Waals surface area contributed by atoms with Crippen molar-refractivity contribution >= 4 is 26.5 Å². The molecule has 1 saturated heterocycles. The standard InChI is InChI=1S/C30H34N2O4S/c1-29(13-14-29)26-17-30(32-19-28(26)33)11-9-25(10-12-30)37(34,35)24-7-5-20(6-8-24)21-3-4-22-15-23(36-2)18-31-27(22)16-21/h3-8,15-16,18,25-26,32H,9-14,17,19H2,1-2H3. The minimum atomic E-state index is -3.42. The molecule has 1 atom stereocenters. The van der Waals surface area contributed by atoms with Crippen molar-refractivity contribution in [2.24, 2.45) is 11.3 Å². The van der Waals surface area contributed by atoms with Crippen LogP contribution in [0.4, 0.5) is 0 Å². The largest absolute Gasteiger partial charge is 0.495 e. The van der Waals surface area contributed by atoms with E-state index in [1.165, 1.54) is 0 Å². The van der Waals surface area contributed by atoms with Crippen molar-refractivity contribution in [1.29, 1.82) is 0 Å². The van der Waals surface area contributed by atoms with E-state index in [1.807, 2.05) is 36.4 Å². The molecule has 194 valence electrons. The maximum atomic E-state index is 13.5. The summed E-state index contributed by atoms with van der Waals surface area (Å²) in [5.74, 6) is 1.18. The zero-order valence-corrected chi connectivity index (χ0v) is 22.3. The Morgan fingerprint density at radius 1 is 0.973 bits per heavy atom. The minimum Gasteiger partial charge on any atom is -0.495 e. The average molecular weight is 519 g/mol. The van der Waals surface area contributed by atoms with Crippen LogP contribution in [0.2, 0.25) is 0 Å². The number of methoxy groups -OCH3 is 1. The highest BCUT2D eigenvalue weighted by Crippen LogP contribution is 2.56. The molecule has 37 heavy (non-hydrogen) atoms. The van der Waals surface area contributed by atoms with Crippen LogP contribution in [-0.2, 0) is 14.6 Å². The summed E-state index contributed by atoms with van der Waals surface area (Å²) in [5, 5.41) is 4.13. The van der Waals surface area contributed by atoms with Gasteiger partial charge in [-0.2, -0.15) is 0 Å². The fourth-order valence-electron chi connectivity index (χ4n) is 6.41. The fraction of sp³-hybridized carbons (Fsp3) is 0.467. The van der Waals surface area contributed by atoms with Crippen molar-refractivity contribution < 1.29 is 17.9 Å². The van der Waals surface area contributed by atoms with Gasteiger partial charge in [0.05, 0.1) is 35.5 Å². The first kappa shape index (κ1) is 24.6. The van der Waals surface area contributed by atoms with Crippen LogP contribution in [0, 0.1) is 11.3 Å². The lowest BCUT2D eigenvalue weighted by molar-refractivity contribution is -0.128. The molecule has 1 aromatic heterocycles. The zero-order valence-electron chi connectivity index (χ0n) is 21.5. The normalized spacial score (nSPS) is 27.4. The van der Waals surface area contributed by atoms with Crippen molar-refractivity contribution in [1.82, 2.24) is 10.3 Å². The number of ether oxygens (including phenoxy) is 1. The van der Waals surface area contributed by atoms with Crippen LogP contribution in [-0.4, -0.2) is 43.6 Å². The van der Waals surface area contributed by atoms with Crippen LogP contribution in [0.1, 0.15) is 51.9 Å². The molecular weight excluding hydrogens is 484 g/mol. The van der Waals surface area contributed by atoms with Gasteiger partial charge in [0.2, 0.25) is 0 Å². The number of ketones is 1. The van der Waals surface area contributed by atoms with Gasteiger partial charge in [0, 0.05) is 16.8 Å². The summed E-state index contributed by atoms with van der Waals surface area (Å²) in [6.07, 6.45) is 7.71. The second-order valence-electron chi connectivity index (χ2n) is 11.6. The predicted octanol–water partition coefficient (Wildman–Crippen LogP) is 5.34. The third-order valence-electron chi connectivity index (χ3n) is 9.24. The molecule has 3 aromatic rings. The number of pyridine rings is 1. The molecule has 1 N–H and O–H groups in total. The van der Waals surface area contributed by atoms with Gasteiger partial charge in [0.1, 0.15) is 11.5 Å². The number of sulfone groups is 1. The molecule has 1 spiro atoms. The van der Waals surface area contributed by atoms with E-state index in [4.69, 9.17) is 4.74 Å². The Morgan fingerprint density at radius 2 is 1.68 bits per heavy atom. The number of nitrogens with zero attached hydrogens (tertiary/aromatic N) is 1. The van der Waals surface area contributed by atoms with Crippen LogP contribution in [0.25, 0.3) is 22.0 Å². The van der Waals surface area contributed by atoms with Crippen LogP contribution in [0.5, 0.6) is 5.75 Å². The number of benzene rings is 2. The molecular formula is C30H34N2O4S. The van der Waals surface area contributed by atoms with E-state index in [0.29, 0.717) is 35.8 Å². The summed E-state index contributed by atoms with van der Waals surface area (Å²) in [5.41, 5.74) is 2.89. The van der Waals surface area contributed by atoms with Gasteiger partial charge in [-0.3, -0.25) is 9.78 Å². The summed E-state index contributed by atoms with van der Waals surface area (Å²) in [7, 11) is -1.80. The van der Waals surface area contributed by atoms with Crippen LogP contribution in [0.15, 0.2) is 59.6 Å². The van der Waals surface area contributed by atoms with E-state index >= 15 is 0 Å². The molecule has 1 unspecified atom stereocenters. The van der Waals surface area contributed by atoms with Gasteiger partial charge in [0.15, 0.2) is 9.84 Å². The van der Waals surface area contributed by atoms with E-state index in [9.17, 15) is 13.2 Å². The Balaban J connectivity index is 1.16. The summed E-state index contributed by atoms with van der Waals surface area (Å²) >= 11 is 0. The number of fused-ring (bicyclic) bond motifs is 1. The van der Waals surface area contributed by atoms with E-state index in [0.717, 1.165) is 54.1 Å². The SMILES string of the molecule is COc1cnc2cc(-c3ccc(S(=O)(=O)C4CCC5(CC4)CC(C4(C)CC4)C(=O)CN5)cc3)ccc2c1. The Hall–Kier alpha value is -2.77. The maximum Gasteiger partial charge on any atom is 0.181 e. The number of carbonyl (C=O) groups is 1. The molecule has 2 saturated carbocycles. The van der Waals surface area contributed by atoms with Crippen molar-refractivity contribution in [3.8, 4) is 16.9 Å². The molecule has 6 nitrogen and oxygen atoms in total. The number of rotatable bonds is 5. The van der Waals surface area contributed by atoms with Crippen LogP contribution < -0.4 is 10.1 Å². The molecule has 6 rings (SSSR count). The quantitative estimate of drug-likeness (QED) is 0.491. The molecule has 3 fully saturated rings. The first-order valence-corrected chi connectivity index (χ1v) is 14.8. The summed E-state index contributed by atoms with van der Waals surface area (Å²) in [6, 6.07) is 15.2. The highest BCUT2D eigenvalue weighted by Gasteiger charge is 2.54. The molecule has 1 aliphatic heterocycles. The maximum absolute atomic E-state index is 13.5. The van der Waals surface area contributed by atoms with E-state index in [1.54, 1.807) is 25.4 Å². The number of nitrogens with one attached hydrogen (secondary N) is 1. The first-order chi connectivity index (χ1) is 17.7. The third-order valence-corrected chi connectivity index (χ3v) is 11.5. The Bertz CT molecular complexity index is 1450. The number of hydrogen-bond acceptors (Lipinski definition) is 6. The van der Waals surface area contributed by atoms with Gasteiger partial charge >= 0.3 is 0 Å². The van der Waals surface area contributed by atoms with Gasteiger partial charge < -0.3 is 10.1 Å². The molecule has 2 heterocycles.